The van der Waals surface area contributed by atoms with E-state index >= 15 is 0 Å². The van der Waals surface area contributed by atoms with Gasteiger partial charge in [0.05, 0.1) is 0 Å². The summed E-state index contributed by atoms with van der Waals surface area (Å²) < 4.78 is 0. The van der Waals surface area contributed by atoms with Crippen LogP contribution in [0.1, 0.15) is 53.9 Å². The molecule has 0 radical (unpaired) electrons. The third-order valence-electron chi connectivity index (χ3n) is 4.83. The third-order valence-corrected chi connectivity index (χ3v) is 4.83. The summed E-state index contributed by atoms with van der Waals surface area (Å²) in [6.07, 6.45) is 4.09. The van der Waals surface area contributed by atoms with E-state index in [1.807, 2.05) is 0 Å². The Morgan fingerprint density at radius 2 is 1.71 bits per heavy atom. The van der Waals surface area contributed by atoms with Crippen molar-refractivity contribution in [2.75, 3.05) is 19.6 Å². The van der Waals surface area contributed by atoms with Gasteiger partial charge in [-0.25, -0.2) is 0 Å². The molecule has 17 heavy (non-hydrogen) atoms. The van der Waals surface area contributed by atoms with Crippen molar-refractivity contribution < 1.29 is 0 Å². The van der Waals surface area contributed by atoms with Gasteiger partial charge in [-0.05, 0) is 57.5 Å². The molecule has 1 N–H and O–H groups in total. The van der Waals surface area contributed by atoms with Crippen LogP contribution in [0.25, 0.3) is 0 Å². The van der Waals surface area contributed by atoms with Gasteiger partial charge < -0.3 is 5.32 Å². The van der Waals surface area contributed by atoms with Crippen molar-refractivity contribution in [3.63, 3.8) is 0 Å². The first kappa shape index (κ1) is 13.4. The van der Waals surface area contributed by atoms with Gasteiger partial charge in [0.1, 0.15) is 0 Å². The van der Waals surface area contributed by atoms with Crippen molar-refractivity contribution in [2.24, 2.45) is 11.3 Å². The first-order valence-electron chi connectivity index (χ1n) is 7.27. The minimum atomic E-state index is 0.353. The lowest BCUT2D eigenvalue weighted by molar-refractivity contribution is 0.0863. The molecular weight excluding hydrogens is 208 g/mol. The number of nitrogens with one attached hydrogen (secondary N) is 1. The van der Waals surface area contributed by atoms with Crippen LogP contribution < -0.4 is 5.32 Å². The van der Waals surface area contributed by atoms with E-state index in [0.717, 1.165) is 12.0 Å². The Balaban J connectivity index is 1.84. The van der Waals surface area contributed by atoms with Crippen LogP contribution >= 0.6 is 0 Å². The van der Waals surface area contributed by atoms with Crippen molar-refractivity contribution >= 4 is 0 Å². The molecule has 0 spiro atoms. The standard InChI is InChI=1S/C15H30N2/c1-14(2,3)12-6-8-17(9-7-12)13-10-15(4,5)16-11-13/h12-13,16H,6-11H2,1-5H3. The number of hydrogen-bond donors (Lipinski definition) is 1. The Morgan fingerprint density at radius 3 is 2.12 bits per heavy atom. The van der Waals surface area contributed by atoms with Gasteiger partial charge in [-0.2, -0.15) is 0 Å². The van der Waals surface area contributed by atoms with Gasteiger partial charge in [0.15, 0.2) is 0 Å². The summed E-state index contributed by atoms with van der Waals surface area (Å²) in [7, 11) is 0. The second kappa shape index (κ2) is 4.55. The molecule has 1 unspecified atom stereocenters. The zero-order valence-electron chi connectivity index (χ0n) is 12.3. The van der Waals surface area contributed by atoms with Crippen LogP contribution in [-0.2, 0) is 0 Å². The fraction of sp³-hybridized carbons (Fsp3) is 1.00. The normalized spacial score (nSPS) is 31.9. The fourth-order valence-electron chi connectivity index (χ4n) is 3.52. The summed E-state index contributed by atoms with van der Waals surface area (Å²) in [6, 6.07) is 0.783. The first-order chi connectivity index (χ1) is 7.78. The lowest BCUT2D eigenvalue weighted by atomic mass is 9.75. The second-order valence-corrected chi connectivity index (χ2v) is 7.80. The summed E-state index contributed by atoms with van der Waals surface area (Å²) >= 11 is 0. The molecule has 0 bridgehead atoms. The fourth-order valence-corrected chi connectivity index (χ4v) is 3.52. The van der Waals surface area contributed by atoms with Gasteiger partial charge >= 0.3 is 0 Å². The van der Waals surface area contributed by atoms with Gasteiger partial charge in [0.2, 0.25) is 0 Å². The Kier molecular flexibility index (Phi) is 3.57. The van der Waals surface area contributed by atoms with Crippen LogP contribution in [0.2, 0.25) is 0 Å². The summed E-state index contributed by atoms with van der Waals surface area (Å²) in [5.74, 6) is 0.918. The zero-order chi connectivity index (χ0) is 12.7. The minimum absolute atomic E-state index is 0.353. The van der Waals surface area contributed by atoms with E-state index in [2.05, 4.69) is 44.8 Å². The van der Waals surface area contributed by atoms with Gasteiger partial charge in [-0.15, -0.1) is 0 Å². The van der Waals surface area contributed by atoms with Gasteiger partial charge in [-0.1, -0.05) is 20.8 Å². The highest BCUT2D eigenvalue weighted by molar-refractivity contribution is 4.95. The largest absolute Gasteiger partial charge is 0.310 e. The number of piperidine rings is 1. The minimum Gasteiger partial charge on any atom is -0.310 e. The van der Waals surface area contributed by atoms with Crippen molar-refractivity contribution in [1.82, 2.24) is 10.2 Å². The van der Waals surface area contributed by atoms with E-state index in [4.69, 9.17) is 0 Å². The van der Waals surface area contributed by atoms with Crippen LogP contribution in [-0.4, -0.2) is 36.1 Å². The van der Waals surface area contributed by atoms with Crippen molar-refractivity contribution in [1.29, 1.82) is 0 Å². The maximum atomic E-state index is 3.64. The van der Waals surface area contributed by atoms with Gasteiger partial charge in [-0.3, -0.25) is 4.90 Å². The summed E-state index contributed by atoms with van der Waals surface area (Å²) in [5.41, 5.74) is 0.852. The maximum absolute atomic E-state index is 3.64. The molecule has 0 saturated carbocycles. The van der Waals surface area contributed by atoms with E-state index in [9.17, 15) is 0 Å². The molecule has 2 fully saturated rings. The van der Waals surface area contributed by atoms with Crippen LogP contribution in [0.15, 0.2) is 0 Å². The first-order valence-corrected chi connectivity index (χ1v) is 7.27. The van der Waals surface area contributed by atoms with Crippen LogP contribution in [0.5, 0.6) is 0 Å². The van der Waals surface area contributed by atoms with Crippen LogP contribution in [0.3, 0.4) is 0 Å². The molecular formula is C15H30N2. The zero-order valence-corrected chi connectivity index (χ0v) is 12.3. The quantitative estimate of drug-likeness (QED) is 0.755. The van der Waals surface area contributed by atoms with Crippen molar-refractivity contribution in [3.8, 4) is 0 Å². The highest BCUT2D eigenvalue weighted by atomic mass is 15.2. The van der Waals surface area contributed by atoms with Gasteiger partial charge in [0.25, 0.3) is 0 Å². The highest BCUT2D eigenvalue weighted by Gasteiger charge is 2.36. The van der Waals surface area contributed by atoms with Gasteiger partial charge in [0, 0.05) is 18.1 Å². The summed E-state index contributed by atoms with van der Waals surface area (Å²) in [5, 5.41) is 3.64. The molecule has 2 nitrogen and oxygen atoms in total. The predicted molar refractivity (Wildman–Crippen MR) is 74.2 cm³/mol. The maximum Gasteiger partial charge on any atom is 0.0238 e. The van der Waals surface area contributed by atoms with E-state index in [1.54, 1.807) is 0 Å². The Labute approximate surface area is 107 Å². The number of hydrogen-bond acceptors (Lipinski definition) is 2. The predicted octanol–water partition coefficient (Wildman–Crippen LogP) is 2.89. The average Bonchev–Trinajstić information content (AvgIpc) is 2.58. The smallest absolute Gasteiger partial charge is 0.0238 e. The molecule has 0 aliphatic carbocycles. The van der Waals surface area contributed by atoms with E-state index in [0.29, 0.717) is 11.0 Å². The van der Waals surface area contributed by atoms with E-state index in [1.165, 1.54) is 38.9 Å². The molecule has 2 rings (SSSR count). The SMILES string of the molecule is CC1(C)CC(N2CCC(C(C)(C)C)CC2)CN1. The molecule has 0 aromatic heterocycles. The van der Waals surface area contributed by atoms with E-state index < -0.39 is 0 Å². The van der Waals surface area contributed by atoms with Crippen molar-refractivity contribution in [3.05, 3.63) is 0 Å². The summed E-state index contributed by atoms with van der Waals surface area (Å²) in [6.45, 7) is 15.7. The molecule has 0 aromatic rings. The molecule has 1 atom stereocenters. The van der Waals surface area contributed by atoms with Crippen molar-refractivity contribution in [2.45, 2.75) is 65.5 Å². The molecule has 2 aliphatic heterocycles. The number of nitrogens with zero attached hydrogens (tertiary/aromatic N) is 1. The molecule has 0 aromatic carbocycles. The Bertz CT molecular complexity index is 257. The monoisotopic (exact) mass is 238 g/mol. The number of rotatable bonds is 1. The lowest BCUT2D eigenvalue weighted by Crippen LogP contribution is -2.44. The third kappa shape index (κ3) is 3.23. The average molecular weight is 238 g/mol. The summed E-state index contributed by atoms with van der Waals surface area (Å²) in [4.78, 5) is 2.73. The molecule has 2 heterocycles. The van der Waals surface area contributed by atoms with Crippen LogP contribution in [0, 0.1) is 11.3 Å². The lowest BCUT2D eigenvalue weighted by Gasteiger charge is -2.41. The highest BCUT2D eigenvalue weighted by Crippen LogP contribution is 2.35. The van der Waals surface area contributed by atoms with Crippen LogP contribution in [0.4, 0.5) is 0 Å². The molecule has 100 valence electrons. The Morgan fingerprint density at radius 1 is 1.12 bits per heavy atom. The Hall–Kier alpha value is -0.0800. The molecule has 2 aliphatic rings. The molecule has 0 amide bonds. The topological polar surface area (TPSA) is 15.3 Å². The number of likely N-dealkylation sites (tertiary alicyclic amines) is 1. The van der Waals surface area contributed by atoms with E-state index in [-0.39, 0.29) is 0 Å². The second-order valence-electron chi connectivity index (χ2n) is 7.80. The molecule has 2 saturated heterocycles. The molecule has 2 heteroatoms.